The molecule has 2 heterocycles. The zero-order chi connectivity index (χ0) is 11.9. The Kier molecular flexibility index (Phi) is 2.50. The van der Waals surface area contributed by atoms with Gasteiger partial charge >= 0.3 is 12.0 Å². The number of urea groups is 1. The number of nitrogens with two attached hydrogens (primary N) is 1. The monoisotopic (exact) mass is 243 g/mol. The molecule has 0 radical (unpaired) electrons. The van der Waals surface area contributed by atoms with E-state index in [1.165, 1.54) is 22.7 Å². The zero-order valence-corrected chi connectivity index (χ0v) is 8.86. The van der Waals surface area contributed by atoms with Crippen molar-refractivity contribution in [3.8, 4) is 0 Å². The third kappa shape index (κ3) is 1.71. The third-order valence-electron chi connectivity index (χ3n) is 2.28. The van der Waals surface area contributed by atoms with Crippen LogP contribution in [0.3, 0.4) is 0 Å². The molecule has 0 saturated carbocycles. The highest BCUT2D eigenvalue weighted by molar-refractivity contribution is 8.00. The zero-order valence-electron chi connectivity index (χ0n) is 8.04. The predicted molar refractivity (Wildman–Crippen MR) is 55.1 cm³/mol. The summed E-state index contributed by atoms with van der Waals surface area (Å²) in [6, 6.07) is -0.724. The van der Waals surface area contributed by atoms with Gasteiger partial charge in [0, 0.05) is 0 Å². The van der Waals surface area contributed by atoms with Gasteiger partial charge in [0.2, 0.25) is 5.91 Å². The molecule has 4 N–H and O–H groups in total. The Morgan fingerprint density at radius 3 is 2.81 bits per heavy atom. The van der Waals surface area contributed by atoms with Crippen molar-refractivity contribution < 1.29 is 19.5 Å². The number of carbonyl (C=O) groups is 3. The number of nitrogens with one attached hydrogen (secondary N) is 1. The van der Waals surface area contributed by atoms with Crippen molar-refractivity contribution in [1.82, 2.24) is 10.2 Å². The molecule has 2 rings (SSSR count). The van der Waals surface area contributed by atoms with E-state index in [1.54, 1.807) is 0 Å². The minimum absolute atomic E-state index is 0.0984. The van der Waals surface area contributed by atoms with E-state index in [4.69, 9.17) is 10.8 Å². The van der Waals surface area contributed by atoms with Gasteiger partial charge in [-0.2, -0.15) is 0 Å². The van der Waals surface area contributed by atoms with Crippen LogP contribution in [0.1, 0.15) is 6.42 Å². The Labute approximate surface area is 94.6 Å². The number of fused-ring (bicyclic) bond motifs is 1. The molecule has 0 aromatic carbocycles. The van der Waals surface area contributed by atoms with Gasteiger partial charge in [-0.15, -0.1) is 11.8 Å². The number of hydrogen-bond donors (Lipinski definition) is 3. The fourth-order valence-electron chi connectivity index (χ4n) is 1.61. The first kappa shape index (κ1) is 10.8. The third-order valence-corrected chi connectivity index (χ3v) is 3.52. The van der Waals surface area contributed by atoms with Gasteiger partial charge < -0.3 is 16.2 Å². The molecule has 1 fully saturated rings. The molecule has 16 heavy (non-hydrogen) atoms. The number of rotatable bonds is 2. The minimum atomic E-state index is -1.19. The lowest BCUT2D eigenvalue weighted by Crippen LogP contribution is -2.56. The van der Waals surface area contributed by atoms with Crippen LogP contribution in [0.25, 0.3) is 0 Å². The molecular weight excluding hydrogens is 234 g/mol. The quantitative estimate of drug-likeness (QED) is 0.552. The number of nitrogens with zero attached hydrogens (tertiary/aromatic N) is 1. The number of carbonyl (C=O) groups excluding carboxylic acids is 2. The molecular formula is C8H9N3O4S. The van der Waals surface area contributed by atoms with Crippen LogP contribution < -0.4 is 11.1 Å². The van der Waals surface area contributed by atoms with Gasteiger partial charge in [-0.1, -0.05) is 0 Å². The van der Waals surface area contributed by atoms with E-state index < -0.39 is 17.4 Å². The molecule has 0 aromatic heterocycles. The second kappa shape index (κ2) is 3.71. The summed E-state index contributed by atoms with van der Waals surface area (Å²) >= 11 is 1.29. The van der Waals surface area contributed by atoms with E-state index in [2.05, 4.69) is 5.32 Å². The molecule has 7 nitrogen and oxygen atoms in total. The van der Waals surface area contributed by atoms with Crippen molar-refractivity contribution >= 4 is 29.7 Å². The first-order valence-corrected chi connectivity index (χ1v) is 5.42. The largest absolute Gasteiger partial charge is 0.477 e. The fraction of sp³-hybridized carbons (Fsp3) is 0.375. The van der Waals surface area contributed by atoms with Gasteiger partial charge in [-0.25, -0.2) is 9.59 Å². The summed E-state index contributed by atoms with van der Waals surface area (Å²) in [5, 5.41) is 10.6. The van der Waals surface area contributed by atoms with E-state index in [0.29, 0.717) is 0 Å². The molecule has 1 saturated heterocycles. The lowest BCUT2D eigenvalue weighted by Gasteiger charge is -2.44. The number of carboxylic acids is 1. The summed E-state index contributed by atoms with van der Waals surface area (Å²) in [5.74, 6) is -1.40. The van der Waals surface area contributed by atoms with Crippen LogP contribution >= 0.6 is 11.8 Å². The van der Waals surface area contributed by atoms with Crippen LogP contribution in [-0.2, 0) is 9.59 Å². The van der Waals surface area contributed by atoms with E-state index >= 15 is 0 Å². The summed E-state index contributed by atoms with van der Waals surface area (Å²) < 4.78 is 0. The van der Waals surface area contributed by atoms with Gasteiger partial charge in [0.1, 0.15) is 5.70 Å². The van der Waals surface area contributed by atoms with Crippen molar-refractivity contribution in [3.05, 3.63) is 11.8 Å². The van der Waals surface area contributed by atoms with Crippen LogP contribution in [0, 0.1) is 0 Å². The van der Waals surface area contributed by atoms with E-state index in [9.17, 15) is 14.4 Å². The molecule has 2 aliphatic heterocycles. The Morgan fingerprint density at radius 1 is 1.62 bits per heavy atom. The Hall–Kier alpha value is -1.70. The minimum Gasteiger partial charge on any atom is -0.477 e. The number of carboxylic acid groups (broad SMARTS) is 1. The molecule has 0 bridgehead atoms. The molecule has 2 atom stereocenters. The Bertz CT molecular complexity index is 408. The van der Waals surface area contributed by atoms with E-state index in [1.807, 2.05) is 0 Å². The lowest BCUT2D eigenvalue weighted by atomic mass is 10.1. The smallest absolute Gasteiger partial charge is 0.352 e. The normalized spacial score (nSPS) is 27.6. The summed E-state index contributed by atoms with van der Waals surface area (Å²) in [5.41, 5.74) is 4.85. The van der Waals surface area contributed by atoms with Crippen molar-refractivity contribution in [1.29, 1.82) is 0 Å². The molecule has 3 amide bonds. The van der Waals surface area contributed by atoms with Crippen molar-refractivity contribution in [3.63, 3.8) is 0 Å². The first-order chi connectivity index (χ1) is 7.49. The van der Waals surface area contributed by atoms with Gasteiger partial charge in [-0.05, 0) is 6.08 Å². The second-order valence-electron chi connectivity index (χ2n) is 3.34. The summed E-state index contributed by atoms with van der Waals surface area (Å²) in [6.07, 6.45) is 1.59. The standard InChI is InChI=1S/C8H9N3O4S/c9-8(15)10-4-1-3(7(13)14)11-5(12)2-6(11)16-4/h1,4,6H,2H2,(H,13,14)(H3,9,10,15)/t4?,6-/m1/s1. The highest BCUT2D eigenvalue weighted by Crippen LogP contribution is 2.39. The van der Waals surface area contributed by atoms with Crippen LogP contribution in [0.15, 0.2) is 11.8 Å². The molecule has 0 aromatic rings. The molecule has 8 heteroatoms. The maximum absolute atomic E-state index is 11.2. The topological polar surface area (TPSA) is 113 Å². The average molecular weight is 243 g/mol. The van der Waals surface area contributed by atoms with Crippen LogP contribution in [0.2, 0.25) is 0 Å². The van der Waals surface area contributed by atoms with Crippen LogP contribution in [-0.4, -0.2) is 38.7 Å². The van der Waals surface area contributed by atoms with E-state index in [0.717, 1.165) is 0 Å². The maximum atomic E-state index is 11.2. The maximum Gasteiger partial charge on any atom is 0.352 e. The molecule has 1 unspecified atom stereocenters. The highest BCUT2D eigenvalue weighted by atomic mass is 32.2. The van der Waals surface area contributed by atoms with Crippen LogP contribution in [0.5, 0.6) is 0 Å². The number of amides is 3. The number of aliphatic carboxylic acids is 1. The number of primary amides is 1. The van der Waals surface area contributed by atoms with Crippen LogP contribution in [0.4, 0.5) is 4.79 Å². The van der Waals surface area contributed by atoms with Crippen molar-refractivity contribution in [2.45, 2.75) is 17.2 Å². The average Bonchev–Trinajstić information content (AvgIpc) is 2.14. The number of β-lactam (4-membered cyclic amide) rings is 1. The Morgan fingerprint density at radius 2 is 2.31 bits per heavy atom. The summed E-state index contributed by atoms with van der Waals surface area (Å²) in [7, 11) is 0. The predicted octanol–water partition coefficient (Wildman–Crippen LogP) is -0.745. The van der Waals surface area contributed by atoms with Gasteiger partial charge in [-0.3, -0.25) is 9.69 Å². The second-order valence-corrected chi connectivity index (χ2v) is 4.67. The first-order valence-electron chi connectivity index (χ1n) is 4.47. The molecule has 0 spiro atoms. The molecule has 0 aliphatic carbocycles. The Balaban J connectivity index is 2.21. The van der Waals surface area contributed by atoms with Gasteiger partial charge in [0.15, 0.2) is 0 Å². The van der Waals surface area contributed by atoms with Crippen molar-refractivity contribution in [2.24, 2.45) is 5.73 Å². The number of hydrogen-bond acceptors (Lipinski definition) is 4. The summed E-state index contributed by atoms with van der Waals surface area (Å²) in [6.45, 7) is 0. The van der Waals surface area contributed by atoms with Crippen molar-refractivity contribution in [2.75, 3.05) is 0 Å². The SMILES string of the molecule is NC(=O)NC1C=C(C(=O)O)N2C(=O)C[C@H]2S1. The van der Waals surface area contributed by atoms with Gasteiger partial charge in [0.25, 0.3) is 0 Å². The lowest BCUT2D eigenvalue weighted by molar-refractivity contribution is -0.146. The molecule has 2 aliphatic rings. The summed E-state index contributed by atoms with van der Waals surface area (Å²) in [4.78, 5) is 34.0. The fourth-order valence-corrected chi connectivity index (χ4v) is 2.93. The number of thioether (sulfide) groups is 1. The van der Waals surface area contributed by atoms with Gasteiger partial charge in [0.05, 0.1) is 17.2 Å². The molecule has 86 valence electrons. The highest BCUT2D eigenvalue weighted by Gasteiger charge is 2.45. The van der Waals surface area contributed by atoms with E-state index in [-0.39, 0.29) is 23.4 Å².